The predicted molar refractivity (Wildman–Crippen MR) is 85.1 cm³/mol. The lowest BCUT2D eigenvalue weighted by Gasteiger charge is -2.47. The lowest BCUT2D eigenvalue weighted by atomic mass is 9.77. The molecule has 0 aromatic carbocycles. The Labute approximate surface area is 125 Å². The van der Waals surface area contributed by atoms with E-state index in [0.717, 1.165) is 37.6 Å². The van der Waals surface area contributed by atoms with Gasteiger partial charge in [-0.2, -0.15) is 0 Å². The first kappa shape index (κ1) is 16.3. The van der Waals surface area contributed by atoms with Crippen LogP contribution in [0.3, 0.4) is 0 Å². The van der Waals surface area contributed by atoms with Crippen LogP contribution in [0, 0.1) is 11.8 Å². The van der Waals surface area contributed by atoms with Crippen molar-refractivity contribution in [3.8, 4) is 0 Å². The van der Waals surface area contributed by atoms with Gasteiger partial charge in [-0.15, -0.1) is 0 Å². The molecule has 3 atom stereocenters. The molecule has 118 valence electrons. The van der Waals surface area contributed by atoms with Crippen LogP contribution in [0.25, 0.3) is 0 Å². The highest BCUT2D eigenvalue weighted by Crippen LogP contribution is 2.36. The second-order valence-electron chi connectivity index (χ2n) is 7.15. The minimum absolute atomic E-state index is 0.560. The van der Waals surface area contributed by atoms with Gasteiger partial charge < -0.3 is 10.1 Å². The number of hydrogen-bond acceptors (Lipinski definition) is 3. The molecule has 1 aliphatic heterocycles. The fourth-order valence-electron chi connectivity index (χ4n) is 4.12. The van der Waals surface area contributed by atoms with Gasteiger partial charge in [0.05, 0.1) is 6.61 Å². The first-order valence-corrected chi connectivity index (χ1v) is 8.67. The third-order valence-electron chi connectivity index (χ3n) is 5.05. The summed E-state index contributed by atoms with van der Waals surface area (Å²) in [6.45, 7) is 8.89. The van der Waals surface area contributed by atoms with Crippen LogP contribution in [0.1, 0.15) is 52.4 Å². The molecule has 2 rings (SSSR count). The molecule has 1 unspecified atom stereocenters. The van der Waals surface area contributed by atoms with Crippen LogP contribution in [-0.2, 0) is 4.74 Å². The van der Waals surface area contributed by atoms with Crippen molar-refractivity contribution in [3.63, 3.8) is 0 Å². The summed E-state index contributed by atoms with van der Waals surface area (Å²) < 4.78 is 5.51. The Bertz CT molecular complexity index is 268. The van der Waals surface area contributed by atoms with E-state index in [-0.39, 0.29) is 0 Å². The first-order valence-electron chi connectivity index (χ1n) is 8.67. The molecule has 3 heteroatoms. The Morgan fingerprint density at radius 2 is 1.85 bits per heavy atom. The third-order valence-corrected chi connectivity index (χ3v) is 5.05. The van der Waals surface area contributed by atoms with Crippen molar-refractivity contribution in [3.05, 3.63) is 0 Å². The van der Waals surface area contributed by atoms with Crippen molar-refractivity contribution in [2.45, 2.75) is 64.5 Å². The Balaban J connectivity index is 1.91. The molecule has 1 saturated carbocycles. The number of ether oxygens (including phenoxy) is 1. The van der Waals surface area contributed by atoms with Gasteiger partial charge in [0, 0.05) is 25.7 Å². The van der Waals surface area contributed by atoms with E-state index in [1.54, 1.807) is 0 Å². The van der Waals surface area contributed by atoms with Gasteiger partial charge in [-0.3, -0.25) is 4.90 Å². The summed E-state index contributed by atoms with van der Waals surface area (Å²) in [6, 6.07) is 1.39. The number of hydrogen-bond donors (Lipinski definition) is 1. The summed E-state index contributed by atoms with van der Waals surface area (Å²) in [5.74, 6) is 1.68. The van der Waals surface area contributed by atoms with Crippen LogP contribution in [0.5, 0.6) is 0 Å². The zero-order valence-corrected chi connectivity index (χ0v) is 13.7. The SMILES string of the molecule is COCC(CNCC(C)C)N1CCC[C@H]2CCCC[C@H]21. The second kappa shape index (κ2) is 8.35. The average Bonchev–Trinajstić information content (AvgIpc) is 2.45. The molecule has 3 nitrogen and oxygen atoms in total. The van der Waals surface area contributed by atoms with E-state index in [0.29, 0.717) is 6.04 Å². The van der Waals surface area contributed by atoms with Crippen LogP contribution in [-0.4, -0.2) is 50.3 Å². The van der Waals surface area contributed by atoms with E-state index in [9.17, 15) is 0 Å². The summed E-state index contributed by atoms with van der Waals surface area (Å²) in [5.41, 5.74) is 0. The van der Waals surface area contributed by atoms with Gasteiger partial charge in [0.15, 0.2) is 0 Å². The fraction of sp³-hybridized carbons (Fsp3) is 1.00. The predicted octanol–water partition coefficient (Wildman–Crippen LogP) is 2.90. The molecule has 1 N–H and O–H groups in total. The Hall–Kier alpha value is -0.120. The molecule has 1 heterocycles. The summed E-state index contributed by atoms with van der Waals surface area (Å²) in [4.78, 5) is 2.78. The molecule has 0 radical (unpaired) electrons. The second-order valence-corrected chi connectivity index (χ2v) is 7.15. The molecular formula is C17H34N2O. The standard InChI is InChI=1S/C17H34N2O/c1-14(2)11-18-12-16(13-20-3)19-10-6-8-15-7-4-5-9-17(15)19/h14-18H,4-13H2,1-3H3/t15-,16?,17-/m1/s1. The minimum Gasteiger partial charge on any atom is -0.383 e. The maximum Gasteiger partial charge on any atom is 0.0630 e. The molecule has 0 bridgehead atoms. The maximum absolute atomic E-state index is 5.51. The summed E-state index contributed by atoms with van der Waals surface area (Å²) in [7, 11) is 1.84. The van der Waals surface area contributed by atoms with Crippen molar-refractivity contribution in [2.75, 3.05) is 33.4 Å². The number of nitrogens with zero attached hydrogens (tertiary/aromatic N) is 1. The lowest BCUT2D eigenvalue weighted by molar-refractivity contribution is -0.00315. The molecular weight excluding hydrogens is 248 g/mol. The van der Waals surface area contributed by atoms with Crippen LogP contribution in [0.2, 0.25) is 0 Å². The lowest BCUT2D eigenvalue weighted by Crippen LogP contribution is -2.55. The van der Waals surface area contributed by atoms with Gasteiger partial charge in [0.1, 0.15) is 0 Å². The zero-order valence-electron chi connectivity index (χ0n) is 13.7. The molecule has 0 spiro atoms. The fourth-order valence-corrected chi connectivity index (χ4v) is 4.12. The van der Waals surface area contributed by atoms with Crippen LogP contribution in [0.15, 0.2) is 0 Å². The first-order chi connectivity index (χ1) is 9.72. The number of piperidine rings is 1. The molecule has 1 saturated heterocycles. The van der Waals surface area contributed by atoms with Crippen molar-refractivity contribution in [1.82, 2.24) is 10.2 Å². The molecule has 20 heavy (non-hydrogen) atoms. The molecule has 1 aliphatic carbocycles. The van der Waals surface area contributed by atoms with Gasteiger partial charge in [-0.25, -0.2) is 0 Å². The van der Waals surface area contributed by atoms with Gasteiger partial charge in [-0.1, -0.05) is 26.7 Å². The highest BCUT2D eigenvalue weighted by molar-refractivity contribution is 4.91. The van der Waals surface area contributed by atoms with Crippen molar-refractivity contribution in [1.29, 1.82) is 0 Å². The van der Waals surface area contributed by atoms with E-state index in [1.165, 1.54) is 45.1 Å². The number of fused-ring (bicyclic) bond motifs is 1. The Kier molecular flexibility index (Phi) is 6.79. The van der Waals surface area contributed by atoms with Crippen molar-refractivity contribution >= 4 is 0 Å². The van der Waals surface area contributed by atoms with Gasteiger partial charge in [-0.05, 0) is 50.6 Å². The molecule has 2 aliphatic rings. The average molecular weight is 282 g/mol. The van der Waals surface area contributed by atoms with E-state index in [1.807, 2.05) is 7.11 Å². The summed E-state index contributed by atoms with van der Waals surface area (Å²) in [6.07, 6.45) is 8.59. The van der Waals surface area contributed by atoms with Crippen LogP contribution >= 0.6 is 0 Å². The molecule has 0 aromatic heterocycles. The summed E-state index contributed by atoms with van der Waals surface area (Å²) >= 11 is 0. The Morgan fingerprint density at radius 1 is 1.10 bits per heavy atom. The zero-order chi connectivity index (χ0) is 14.4. The number of methoxy groups -OCH3 is 1. The van der Waals surface area contributed by atoms with Gasteiger partial charge >= 0.3 is 0 Å². The monoisotopic (exact) mass is 282 g/mol. The van der Waals surface area contributed by atoms with E-state index in [4.69, 9.17) is 4.74 Å². The third kappa shape index (κ3) is 4.44. The Morgan fingerprint density at radius 3 is 2.60 bits per heavy atom. The van der Waals surface area contributed by atoms with E-state index < -0.39 is 0 Å². The van der Waals surface area contributed by atoms with Gasteiger partial charge in [0.25, 0.3) is 0 Å². The van der Waals surface area contributed by atoms with Crippen molar-refractivity contribution in [2.24, 2.45) is 11.8 Å². The highest BCUT2D eigenvalue weighted by Gasteiger charge is 2.36. The van der Waals surface area contributed by atoms with Crippen LogP contribution < -0.4 is 5.32 Å². The number of rotatable bonds is 7. The largest absolute Gasteiger partial charge is 0.383 e. The minimum atomic E-state index is 0.560. The smallest absolute Gasteiger partial charge is 0.0630 e. The quantitative estimate of drug-likeness (QED) is 0.777. The maximum atomic E-state index is 5.51. The van der Waals surface area contributed by atoms with E-state index >= 15 is 0 Å². The van der Waals surface area contributed by atoms with Gasteiger partial charge in [0.2, 0.25) is 0 Å². The normalized spacial score (nSPS) is 29.4. The highest BCUT2D eigenvalue weighted by atomic mass is 16.5. The molecule has 0 amide bonds. The number of nitrogens with one attached hydrogen (secondary N) is 1. The number of likely N-dealkylation sites (tertiary alicyclic amines) is 1. The van der Waals surface area contributed by atoms with E-state index in [2.05, 4.69) is 24.1 Å². The summed E-state index contributed by atoms with van der Waals surface area (Å²) in [5, 5.41) is 3.64. The van der Waals surface area contributed by atoms with Crippen LogP contribution in [0.4, 0.5) is 0 Å². The molecule has 2 fully saturated rings. The van der Waals surface area contributed by atoms with Crippen molar-refractivity contribution < 1.29 is 4.74 Å². The topological polar surface area (TPSA) is 24.5 Å². The molecule has 0 aromatic rings.